The average molecular weight is 432 g/mol. The minimum Gasteiger partial charge on any atom is -0.491 e. The molecule has 31 heavy (non-hydrogen) atoms. The van der Waals surface area contributed by atoms with Crippen LogP contribution in [0.3, 0.4) is 0 Å². The SMILES string of the molecule is CC(C)CCN1C(=O)N(C(C)C)C(=O)C12CCN(Cc1ccc(OCCO)cc1)CC2. The van der Waals surface area contributed by atoms with E-state index >= 15 is 0 Å². The van der Waals surface area contributed by atoms with E-state index in [0.717, 1.165) is 31.8 Å². The number of imide groups is 1. The highest BCUT2D eigenvalue weighted by Gasteiger charge is 2.58. The number of nitrogens with zero attached hydrogens (tertiary/aromatic N) is 3. The first kappa shape index (κ1) is 23.5. The van der Waals surface area contributed by atoms with E-state index in [1.807, 2.05) is 43.0 Å². The third-order valence-corrected chi connectivity index (χ3v) is 6.39. The number of aliphatic hydroxyl groups is 1. The predicted molar refractivity (Wildman–Crippen MR) is 120 cm³/mol. The number of likely N-dealkylation sites (tertiary alicyclic amines) is 1. The summed E-state index contributed by atoms with van der Waals surface area (Å²) in [6.07, 6.45) is 2.26. The van der Waals surface area contributed by atoms with Gasteiger partial charge in [-0.2, -0.15) is 0 Å². The molecule has 0 aliphatic carbocycles. The fourth-order valence-electron chi connectivity index (χ4n) is 4.57. The van der Waals surface area contributed by atoms with E-state index in [2.05, 4.69) is 18.7 Å². The van der Waals surface area contributed by atoms with Gasteiger partial charge in [-0.15, -0.1) is 0 Å². The molecule has 2 fully saturated rings. The third-order valence-electron chi connectivity index (χ3n) is 6.39. The van der Waals surface area contributed by atoms with Crippen LogP contribution in [-0.2, 0) is 11.3 Å². The van der Waals surface area contributed by atoms with Gasteiger partial charge in [0.1, 0.15) is 17.9 Å². The van der Waals surface area contributed by atoms with E-state index in [4.69, 9.17) is 9.84 Å². The lowest BCUT2D eigenvalue weighted by molar-refractivity contribution is -0.136. The monoisotopic (exact) mass is 431 g/mol. The third kappa shape index (κ3) is 5.04. The molecule has 2 saturated heterocycles. The largest absolute Gasteiger partial charge is 0.491 e. The van der Waals surface area contributed by atoms with Crippen molar-refractivity contribution in [3.05, 3.63) is 29.8 Å². The minimum atomic E-state index is -0.686. The van der Waals surface area contributed by atoms with E-state index in [1.165, 1.54) is 10.5 Å². The van der Waals surface area contributed by atoms with Gasteiger partial charge in [-0.1, -0.05) is 26.0 Å². The number of hydrogen-bond donors (Lipinski definition) is 1. The second-order valence-corrected chi connectivity index (χ2v) is 9.41. The molecule has 0 saturated carbocycles. The molecule has 0 unspecified atom stereocenters. The summed E-state index contributed by atoms with van der Waals surface area (Å²) in [5.41, 5.74) is 0.496. The van der Waals surface area contributed by atoms with E-state index in [9.17, 15) is 9.59 Å². The van der Waals surface area contributed by atoms with E-state index in [-0.39, 0.29) is 24.6 Å². The number of ether oxygens (including phenoxy) is 1. The van der Waals surface area contributed by atoms with Crippen molar-refractivity contribution < 1.29 is 19.4 Å². The van der Waals surface area contributed by atoms with E-state index < -0.39 is 5.54 Å². The van der Waals surface area contributed by atoms with Gasteiger partial charge < -0.3 is 14.7 Å². The summed E-state index contributed by atoms with van der Waals surface area (Å²) in [6.45, 7) is 11.4. The molecule has 0 radical (unpaired) electrons. The Kier molecular flexibility index (Phi) is 7.59. The number of urea groups is 1. The number of piperidine rings is 1. The maximum absolute atomic E-state index is 13.4. The van der Waals surface area contributed by atoms with Crippen LogP contribution in [0.25, 0.3) is 0 Å². The first-order valence-corrected chi connectivity index (χ1v) is 11.5. The Labute approximate surface area is 185 Å². The molecule has 7 nitrogen and oxygen atoms in total. The highest BCUT2D eigenvalue weighted by atomic mass is 16.5. The van der Waals surface area contributed by atoms with Gasteiger partial charge in [-0.05, 0) is 56.7 Å². The van der Waals surface area contributed by atoms with Crippen LogP contribution >= 0.6 is 0 Å². The van der Waals surface area contributed by atoms with Crippen LogP contribution in [0.4, 0.5) is 4.79 Å². The Hall–Kier alpha value is -2.12. The maximum atomic E-state index is 13.4. The summed E-state index contributed by atoms with van der Waals surface area (Å²) < 4.78 is 5.42. The Morgan fingerprint density at radius 3 is 2.26 bits per heavy atom. The second kappa shape index (κ2) is 10.0. The Morgan fingerprint density at radius 1 is 1.06 bits per heavy atom. The Bertz CT molecular complexity index is 755. The fraction of sp³-hybridized carbons (Fsp3) is 0.667. The van der Waals surface area contributed by atoms with Gasteiger partial charge in [0.05, 0.1) is 6.61 Å². The van der Waals surface area contributed by atoms with E-state index in [0.29, 0.717) is 31.9 Å². The zero-order chi connectivity index (χ0) is 22.6. The number of benzene rings is 1. The van der Waals surface area contributed by atoms with Gasteiger partial charge in [0, 0.05) is 32.2 Å². The van der Waals surface area contributed by atoms with Crippen LogP contribution in [0.15, 0.2) is 24.3 Å². The zero-order valence-electron chi connectivity index (χ0n) is 19.3. The van der Waals surface area contributed by atoms with Crippen molar-refractivity contribution in [3.63, 3.8) is 0 Å². The van der Waals surface area contributed by atoms with Crippen LogP contribution in [0.2, 0.25) is 0 Å². The van der Waals surface area contributed by atoms with Crippen LogP contribution in [0, 0.1) is 5.92 Å². The normalized spacial score (nSPS) is 19.3. The summed E-state index contributed by atoms with van der Waals surface area (Å²) in [6, 6.07) is 7.68. The molecule has 1 spiro atoms. The van der Waals surface area contributed by atoms with Gasteiger partial charge in [0.2, 0.25) is 0 Å². The molecule has 2 heterocycles. The first-order valence-electron chi connectivity index (χ1n) is 11.5. The summed E-state index contributed by atoms with van der Waals surface area (Å²) in [5, 5.41) is 8.86. The average Bonchev–Trinajstić information content (AvgIpc) is 2.93. The minimum absolute atomic E-state index is 0.000919. The van der Waals surface area contributed by atoms with Gasteiger partial charge in [0.15, 0.2) is 0 Å². The lowest BCUT2D eigenvalue weighted by Crippen LogP contribution is -2.56. The summed E-state index contributed by atoms with van der Waals surface area (Å²) >= 11 is 0. The topological polar surface area (TPSA) is 73.3 Å². The highest BCUT2D eigenvalue weighted by Crippen LogP contribution is 2.39. The van der Waals surface area contributed by atoms with Crippen molar-refractivity contribution in [2.45, 2.75) is 65.1 Å². The molecule has 3 rings (SSSR count). The number of aliphatic hydroxyl groups excluding tert-OH is 1. The van der Waals surface area contributed by atoms with Gasteiger partial charge in [-0.25, -0.2) is 4.79 Å². The Morgan fingerprint density at radius 2 is 1.71 bits per heavy atom. The maximum Gasteiger partial charge on any atom is 0.327 e. The van der Waals surface area contributed by atoms with Crippen LogP contribution in [-0.4, -0.2) is 76.2 Å². The van der Waals surface area contributed by atoms with Gasteiger partial charge in [-0.3, -0.25) is 14.6 Å². The molecule has 3 amide bonds. The van der Waals surface area contributed by atoms with E-state index in [1.54, 1.807) is 0 Å². The molecule has 2 aliphatic heterocycles. The first-order chi connectivity index (χ1) is 14.8. The van der Waals surface area contributed by atoms with Gasteiger partial charge in [0.25, 0.3) is 5.91 Å². The van der Waals surface area contributed by atoms with Crippen molar-refractivity contribution in [3.8, 4) is 5.75 Å². The van der Waals surface area contributed by atoms with Crippen LogP contribution in [0.1, 0.15) is 52.5 Å². The fourth-order valence-corrected chi connectivity index (χ4v) is 4.57. The molecule has 0 aromatic heterocycles. The molecular weight excluding hydrogens is 394 g/mol. The molecule has 2 aliphatic rings. The number of carbonyl (C=O) groups is 2. The number of carbonyl (C=O) groups excluding carboxylic acids is 2. The molecule has 1 aromatic rings. The molecule has 1 N–H and O–H groups in total. The predicted octanol–water partition coefficient (Wildman–Crippen LogP) is 3.11. The number of amides is 3. The molecule has 0 bridgehead atoms. The zero-order valence-corrected chi connectivity index (χ0v) is 19.3. The quantitative estimate of drug-likeness (QED) is 0.608. The number of rotatable bonds is 9. The van der Waals surface area contributed by atoms with Crippen LogP contribution < -0.4 is 4.74 Å². The highest BCUT2D eigenvalue weighted by molar-refractivity contribution is 6.07. The van der Waals surface area contributed by atoms with Crippen molar-refractivity contribution >= 4 is 11.9 Å². The van der Waals surface area contributed by atoms with Crippen molar-refractivity contribution in [1.29, 1.82) is 0 Å². The van der Waals surface area contributed by atoms with Crippen LogP contribution in [0.5, 0.6) is 5.75 Å². The van der Waals surface area contributed by atoms with Gasteiger partial charge >= 0.3 is 6.03 Å². The molecule has 1 aromatic carbocycles. The summed E-state index contributed by atoms with van der Waals surface area (Å²) in [4.78, 5) is 32.2. The summed E-state index contributed by atoms with van der Waals surface area (Å²) in [7, 11) is 0. The lowest BCUT2D eigenvalue weighted by atomic mass is 9.85. The standard InChI is InChI=1S/C24H37N3O4/c1-18(2)9-12-26-23(30)27(19(3)4)22(29)24(26)10-13-25(14-11-24)17-20-5-7-21(8-6-20)31-16-15-28/h5-8,18-19,28H,9-17H2,1-4H3. The smallest absolute Gasteiger partial charge is 0.327 e. The number of hydrogen-bond acceptors (Lipinski definition) is 5. The summed E-state index contributed by atoms with van der Waals surface area (Å²) in [5.74, 6) is 1.22. The molecule has 172 valence electrons. The molecular formula is C24H37N3O4. The molecule has 0 atom stereocenters. The Balaban J connectivity index is 1.66. The van der Waals surface area contributed by atoms with Crippen molar-refractivity contribution in [1.82, 2.24) is 14.7 Å². The van der Waals surface area contributed by atoms with Crippen molar-refractivity contribution in [2.24, 2.45) is 5.92 Å². The molecule has 7 heteroatoms. The lowest BCUT2D eigenvalue weighted by Gasteiger charge is -2.42. The van der Waals surface area contributed by atoms with Crippen molar-refractivity contribution in [2.75, 3.05) is 32.8 Å². The second-order valence-electron chi connectivity index (χ2n) is 9.41.